The molecular formula is C12H16N2O2S. The summed E-state index contributed by atoms with van der Waals surface area (Å²) in [5.41, 5.74) is 0.158. The number of thiazole rings is 1. The second-order valence-corrected chi connectivity index (χ2v) is 4.87. The highest BCUT2D eigenvalue weighted by Crippen LogP contribution is 2.20. The van der Waals surface area contributed by atoms with Crippen LogP contribution in [0.2, 0.25) is 0 Å². The zero-order valence-corrected chi connectivity index (χ0v) is 10.7. The van der Waals surface area contributed by atoms with Crippen LogP contribution in [0.4, 0.5) is 0 Å². The molecule has 0 aliphatic rings. The normalized spacial score (nSPS) is 10.5. The van der Waals surface area contributed by atoms with Crippen molar-refractivity contribution < 1.29 is 9.90 Å². The molecular weight excluding hydrogens is 236 g/mol. The number of nitrogens with zero attached hydrogens (tertiary/aromatic N) is 2. The van der Waals surface area contributed by atoms with Crippen LogP contribution in [0.5, 0.6) is 0 Å². The molecule has 0 amide bonds. The highest BCUT2D eigenvalue weighted by molar-refractivity contribution is 7.11. The summed E-state index contributed by atoms with van der Waals surface area (Å²) in [4.78, 5) is 17.9. The van der Waals surface area contributed by atoms with Crippen LogP contribution in [0.25, 0.3) is 0 Å². The zero-order chi connectivity index (χ0) is 12.8. The van der Waals surface area contributed by atoms with Crippen molar-refractivity contribution in [3.05, 3.63) is 40.9 Å². The largest absolute Gasteiger partial charge is 0.476 e. The Bertz CT molecular complexity index is 416. The van der Waals surface area contributed by atoms with Crippen molar-refractivity contribution in [1.82, 2.24) is 9.88 Å². The summed E-state index contributed by atoms with van der Waals surface area (Å²) in [6.07, 6.45) is 3.58. The van der Waals surface area contributed by atoms with Crippen LogP contribution in [-0.4, -0.2) is 34.0 Å². The Morgan fingerprint density at radius 3 is 2.53 bits per heavy atom. The van der Waals surface area contributed by atoms with Gasteiger partial charge >= 0.3 is 5.97 Å². The van der Waals surface area contributed by atoms with Gasteiger partial charge in [0.1, 0.15) is 0 Å². The third-order valence-corrected chi connectivity index (χ3v) is 3.10. The number of rotatable bonds is 7. The number of carboxylic acid groups (broad SMARTS) is 1. The molecule has 0 aromatic carbocycles. The fraction of sp³-hybridized carbons (Fsp3) is 0.333. The molecule has 0 atom stereocenters. The molecule has 17 heavy (non-hydrogen) atoms. The van der Waals surface area contributed by atoms with Crippen molar-refractivity contribution >= 4 is 17.3 Å². The molecule has 0 bridgehead atoms. The maximum absolute atomic E-state index is 11.0. The first-order chi connectivity index (χ1) is 8.08. The van der Waals surface area contributed by atoms with E-state index in [1.54, 1.807) is 12.2 Å². The van der Waals surface area contributed by atoms with Gasteiger partial charge < -0.3 is 5.11 Å². The number of hydrogen-bond acceptors (Lipinski definition) is 4. The van der Waals surface area contributed by atoms with E-state index in [0.29, 0.717) is 19.6 Å². The highest BCUT2D eigenvalue weighted by Gasteiger charge is 2.17. The van der Waals surface area contributed by atoms with E-state index in [-0.39, 0.29) is 5.69 Å². The molecule has 1 N–H and O–H groups in total. The molecule has 0 aliphatic heterocycles. The fourth-order valence-corrected chi connectivity index (χ4v) is 2.49. The van der Waals surface area contributed by atoms with E-state index in [1.807, 2.05) is 6.92 Å². The van der Waals surface area contributed by atoms with Gasteiger partial charge in [0, 0.05) is 19.6 Å². The third-order valence-electron chi connectivity index (χ3n) is 2.15. The van der Waals surface area contributed by atoms with Gasteiger partial charge in [-0.3, -0.25) is 4.90 Å². The van der Waals surface area contributed by atoms with Gasteiger partial charge in [-0.15, -0.1) is 24.5 Å². The highest BCUT2D eigenvalue weighted by atomic mass is 32.1. The fourth-order valence-electron chi connectivity index (χ4n) is 1.52. The third kappa shape index (κ3) is 3.80. The SMILES string of the molecule is C=CCN(CC=C)Cc1sc(C)nc1C(=O)O. The number of aromatic nitrogens is 1. The maximum Gasteiger partial charge on any atom is 0.355 e. The standard InChI is InChI=1S/C12H16N2O2S/c1-4-6-14(7-5-2)8-10-11(12(15)16)13-9(3)17-10/h4-5H,1-2,6-8H2,3H3,(H,15,16). The summed E-state index contributed by atoms with van der Waals surface area (Å²) in [7, 11) is 0. The van der Waals surface area contributed by atoms with Gasteiger partial charge in [-0.05, 0) is 6.92 Å². The number of carbonyl (C=O) groups is 1. The Kier molecular flexibility index (Phi) is 5.06. The predicted octanol–water partition coefficient (Wildman–Crippen LogP) is 2.32. The van der Waals surface area contributed by atoms with Crippen LogP contribution in [-0.2, 0) is 6.54 Å². The topological polar surface area (TPSA) is 53.4 Å². The Labute approximate surface area is 105 Å². The first kappa shape index (κ1) is 13.6. The molecule has 1 rings (SSSR count). The van der Waals surface area contributed by atoms with Crippen molar-refractivity contribution in [2.75, 3.05) is 13.1 Å². The molecule has 0 fully saturated rings. The van der Waals surface area contributed by atoms with Crippen LogP contribution in [0, 0.1) is 6.92 Å². The molecule has 0 radical (unpaired) electrons. The lowest BCUT2D eigenvalue weighted by Gasteiger charge is -2.17. The van der Waals surface area contributed by atoms with E-state index in [2.05, 4.69) is 23.0 Å². The quantitative estimate of drug-likeness (QED) is 0.757. The van der Waals surface area contributed by atoms with Crippen molar-refractivity contribution in [3.63, 3.8) is 0 Å². The van der Waals surface area contributed by atoms with Gasteiger partial charge in [0.2, 0.25) is 0 Å². The second kappa shape index (κ2) is 6.32. The minimum absolute atomic E-state index is 0.158. The Balaban J connectivity index is 2.87. The summed E-state index contributed by atoms with van der Waals surface area (Å²) in [6, 6.07) is 0. The van der Waals surface area contributed by atoms with Crippen molar-refractivity contribution in [3.8, 4) is 0 Å². The first-order valence-electron chi connectivity index (χ1n) is 5.22. The monoisotopic (exact) mass is 252 g/mol. The summed E-state index contributed by atoms with van der Waals surface area (Å²) in [6.45, 7) is 11.1. The molecule has 92 valence electrons. The number of aromatic carboxylic acids is 1. The average molecular weight is 252 g/mol. The Morgan fingerprint density at radius 2 is 2.06 bits per heavy atom. The minimum atomic E-state index is -0.971. The maximum atomic E-state index is 11.0. The molecule has 0 aliphatic carbocycles. The lowest BCUT2D eigenvalue weighted by atomic mass is 10.3. The summed E-state index contributed by atoms with van der Waals surface area (Å²) in [5, 5.41) is 9.81. The molecule has 0 saturated heterocycles. The minimum Gasteiger partial charge on any atom is -0.476 e. The van der Waals surface area contributed by atoms with E-state index in [9.17, 15) is 4.79 Å². The van der Waals surface area contributed by atoms with Crippen LogP contribution in [0.3, 0.4) is 0 Å². The molecule has 0 unspecified atom stereocenters. The molecule has 0 spiro atoms. The second-order valence-electron chi connectivity index (χ2n) is 3.58. The zero-order valence-electron chi connectivity index (χ0n) is 9.85. The molecule has 0 saturated carbocycles. The van der Waals surface area contributed by atoms with Gasteiger partial charge in [-0.1, -0.05) is 12.2 Å². The van der Waals surface area contributed by atoms with Crippen LogP contribution >= 0.6 is 11.3 Å². The first-order valence-corrected chi connectivity index (χ1v) is 6.03. The van der Waals surface area contributed by atoms with Crippen LogP contribution in [0.15, 0.2) is 25.3 Å². The lowest BCUT2D eigenvalue weighted by molar-refractivity contribution is 0.0689. The van der Waals surface area contributed by atoms with E-state index < -0.39 is 5.97 Å². The van der Waals surface area contributed by atoms with Gasteiger partial charge in [0.15, 0.2) is 5.69 Å². The summed E-state index contributed by atoms with van der Waals surface area (Å²) < 4.78 is 0. The Hall–Kier alpha value is -1.46. The molecule has 1 heterocycles. The molecule has 4 nitrogen and oxygen atoms in total. The average Bonchev–Trinajstić information content (AvgIpc) is 2.60. The molecule has 5 heteroatoms. The van der Waals surface area contributed by atoms with E-state index in [0.717, 1.165) is 9.88 Å². The van der Waals surface area contributed by atoms with Crippen LogP contribution < -0.4 is 0 Å². The van der Waals surface area contributed by atoms with Gasteiger partial charge in [-0.2, -0.15) is 0 Å². The predicted molar refractivity (Wildman–Crippen MR) is 69.5 cm³/mol. The number of aryl methyl sites for hydroxylation is 1. The lowest BCUT2D eigenvalue weighted by Crippen LogP contribution is -2.23. The number of carboxylic acids is 1. The van der Waals surface area contributed by atoms with Crippen LogP contribution in [0.1, 0.15) is 20.4 Å². The van der Waals surface area contributed by atoms with Crippen molar-refractivity contribution in [2.45, 2.75) is 13.5 Å². The Morgan fingerprint density at radius 1 is 1.47 bits per heavy atom. The summed E-state index contributed by atoms with van der Waals surface area (Å²) >= 11 is 1.42. The van der Waals surface area contributed by atoms with Crippen molar-refractivity contribution in [1.29, 1.82) is 0 Å². The van der Waals surface area contributed by atoms with Gasteiger partial charge in [0.05, 0.1) is 9.88 Å². The molecule has 1 aromatic heterocycles. The van der Waals surface area contributed by atoms with E-state index in [1.165, 1.54) is 11.3 Å². The summed E-state index contributed by atoms with van der Waals surface area (Å²) in [5.74, 6) is -0.971. The van der Waals surface area contributed by atoms with Crippen molar-refractivity contribution in [2.24, 2.45) is 0 Å². The van der Waals surface area contributed by atoms with Gasteiger partial charge in [-0.25, -0.2) is 9.78 Å². The van der Waals surface area contributed by atoms with E-state index in [4.69, 9.17) is 5.11 Å². The number of hydrogen-bond donors (Lipinski definition) is 1. The molecule has 1 aromatic rings. The van der Waals surface area contributed by atoms with E-state index >= 15 is 0 Å². The van der Waals surface area contributed by atoms with Gasteiger partial charge in [0.25, 0.3) is 0 Å². The smallest absolute Gasteiger partial charge is 0.355 e.